The number of aliphatic hydroxyl groups excluding tert-OH is 1. The molecule has 1 aliphatic carbocycles. The number of hydrogen-bond donors (Lipinski definition) is 1. The molecule has 0 spiro atoms. The van der Waals surface area contributed by atoms with Gasteiger partial charge in [0, 0.05) is 5.39 Å². The summed E-state index contributed by atoms with van der Waals surface area (Å²) in [6.07, 6.45) is 6.97. The summed E-state index contributed by atoms with van der Waals surface area (Å²) in [6.45, 7) is 0.300. The van der Waals surface area contributed by atoms with Crippen molar-refractivity contribution in [3.63, 3.8) is 0 Å². The highest BCUT2D eigenvalue weighted by molar-refractivity contribution is 5.80. The van der Waals surface area contributed by atoms with Crippen LogP contribution in [0.15, 0.2) is 35.3 Å². The Kier molecular flexibility index (Phi) is 3.83. The first-order chi connectivity index (χ1) is 9.75. The predicted octanol–water partition coefficient (Wildman–Crippen LogP) is 2.34. The molecule has 1 saturated carbocycles. The van der Waals surface area contributed by atoms with Crippen LogP contribution in [-0.2, 0) is 6.54 Å². The molecule has 0 aliphatic heterocycles. The Balaban J connectivity index is 1.83. The third-order valence-electron chi connectivity index (χ3n) is 4.32. The Morgan fingerprint density at radius 1 is 1.25 bits per heavy atom. The molecule has 1 unspecified atom stereocenters. The van der Waals surface area contributed by atoms with E-state index in [1.54, 1.807) is 6.20 Å². The van der Waals surface area contributed by atoms with Gasteiger partial charge in [0.05, 0.1) is 24.2 Å². The average molecular weight is 272 g/mol. The first-order valence-electron chi connectivity index (χ1n) is 7.38. The molecule has 2 aromatic rings. The van der Waals surface area contributed by atoms with E-state index < -0.39 is 6.10 Å². The van der Waals surface area contributed by atoms with E-state index in [1.165, 1.54) is 23.9 Å². The van der Waals surface area contributed by atoms with Gasteiger partial charge in [0.25, 0.3) is 5.56 Å². The smallest absolute Gasteiger partial charge is 0.274 e. The second-order valence-corrected chi connectivity index (χ2v) is 5.68. The van der Waals surface area contributed by atoms with Gasteiger partial charge in [-0.25, -0.2) is 4.68 Å². The van der Waals surface area contributed by atoms with Gasteiger partial charge in [-0.2, -0.15) is 5.10 Å². The molecule has 3 rings (SSSR count). The molecule has 1 aromatic heterocycles. The van der Waals surface area contributed by atoms with E-state index in [1.807, 2.05) is 24.3 Å². The fourth-order valence-electron chi connectivity index (χ4n) is 3.10. The van der Waals surface area contributed by atoms with Gasteiger partial charge in [0.1, 0.15) is 0 Å². The van der Waals surface area contributed by atoms with Crippen molar-refractivity contribution in [2.75, 3.05) is 0 Å². The second kappa shape index (κ2) is 5.75. The molecule has 0 radical (unpaired) electrons. The highest BCUT2D eigenvalue weighted by Gasteiger charge is 2.22. The molecule has 1 atom stereocenters. The summed E-state index contributed by atoms with van der Waals surface area (Å²) in [7, 11) is 0. The van der Waals surface area contributed by atoms with E-state index in [-0.39, 0.29) is 5.56 Å². The van der Waals surface area contributed by atoms with Crippen LogP contribution in [0.25, 0.3) is 10.8 Å². The summed E-state index contributed by atoms with van der Waals surface area (Å²) >= 11 is 0. The van der Waals surface area contributed by atoms with Crippen molar-refractivity contribution in [1.82, 2.24) is 9.78 Å². The summed E-state index contributed by atoms with van der Waals surface area (Å²) in [5.41, 5.74) is -0.113. The van der Waals surface area contributed by atoms with Gasteiger partial charge in [-0.1, -0.05) is 37.5 Å². The molecule has 106 valence electrons. The van der Waals surface area contributed by atoms with E-state index in [0.29, 0.717) is 17.8 Å². The molecule has 1 aliphatic rings. The monoisotopic (exact) mass is 272 g/mol. The van der Waals surface area contributed by atoms with Gasteiger partial charge >= 0.3 is 0 Å². The zero-order chi connectivity index (χ0) is 13.9. The van der Waals surface area contributed by atoms with Gasteiger partial charge in [-0.15, -0.1) is 0 Å². The molecular weight excluding hydrogens is 252 g/mol. The summed E-state index contributed by atoms with van der Waals surface area (Å²) in [4.78, 5) is 12.3. The molecule has 1 fully saturated rings. The molecular formula is C16H20N2O2. The lowest BCUT2D eigenvalue weighted by Gasteiger charge is -2.26. The molecule has 4 heteroatoms. The minimum absolute atomic E-state index is 0.113. The molecule has 1 aromatic carbocycles. The largest absolute Gasteiger partial charge is 0.391 e. The quantitative estimate of drug-likeness (QED) is 0.933. The standard InChI is InChI=1S/C16H20N2O2/c19-15(12-6-2-1-3-7-12)11-18-16(20)14-9-5-4-8-13(14)10-17-18/h4-5,8-10,12,15,19H,1-3,6-7,11H2. The van der Waals surface area contributed by atoms with Crippen molar-refractivity contribution < 1.29 is 5.11 Å². The van der Waals surface area contributed by atoms with Crippen LogP contribution in [0, 0.1) is 5.92 Å². The molecule has 1 heterocycles. The highest BCUT2D eigenvalue weighted by atomic mass is 16.3. The fourth-order valence-corrected chi connectivity index (χ4v) is 3.10. The van der Waals surface area contributed by atoms with Crippen LogP contribution in [0.5, 0.6) is 0 Å². The van der Waals surface area contributed by atoms with Gasteiger partial charge in [0.15, 0.2) is 0 Å². The lowest BCUT2D eigenvalue weighted by molar-refractivity contribution is 0.0653. The number of aromatic nitrogens is 2. The predicted molar refractivity (Wildman–Crippen MR) is 78.6 cm³/mol. The van der Waals surface area contributed by atoms with Crippen LogP contribution >= 0.6 is 0 Å². The Morgan fingerprint density at radius 2 is 2.00 bits per heavy atom. The Labute approximate surface area is 118 Å². The van der Waals surface area contributed by atoms with Gasteiger partial charge in [0.2, 0.25) is 0 Å². The Morgan fingerprint density at radius 3 is 2.80 bits per heavy atom. The Hall–Kier alpha value is -1.68. The number of benzene rings is 1. The maximum Gasteiger partial charge on any atom is 0.274 e. The maximum absolute atomic E-state index is 12.3. The lowest BCUT2D eigenvalue weighted by atomic mass is 9.85. The van der Waals surface area contributed by atoms with Gasteiger partial charge in [-0.05, 0) is 24.8 Å². The first-order valence-corrected chi connectivity index (χ1v) is 7.38. The van der Waals surface area contributed by atoms with E-state index in [2.05, 4.69) is 5.10 Å². The summed E-state index contributed by atoms with van der Waals surface area (Å²) in [6, 6.07) is 7.44. The van der Waals surface area contributed by atoms with Crippen LogP contribution in [0.3, 0.4) is 0 Å². The average Bonchev–Trinajstić information content (AvgIpc) is 2.51. The van der Waals surface area contributed by atoms with Crippen molar-refractivity contribution in [2.45, 2.75) is 44.8 Å². The molecule has 0 saturated heterocycles. The molecule has 20 heavy (non-hydrogen) atoms. The van der Waals surface area contributed by atoms with Gasteiger partial charge in [-0.3, -0.25) is 4.79 Å². The normalized spacial score (nSPS) is 18.2. The van der Waals surface area contributed by atoms with E-state index in [9.17, 15) is 9.90 Å². The number of nitrogens with zero attached hydrogens (tertiary/aromatic N) is 2. The Bertz CT molecular complexity index is 644. The summed E-state index contributed by atoms with van der Waals surface area (Å²) in [5, 5.41) is 16.0. The van der Waals surface area contributed by atoms with Crippen molar-refractivity contribution in [1.29, 1.82) is 0 Å². The first kappa shape index (κ1) is 13.3. The third-order valence-corrected chi connectivity index (χ3v) is 4.32. The molecule has 0 amide bonds. The van der Waals surface area contributed by atoms with Crippen molar-refractivity contribution in [2.24, 2.45) is 5.92 Å². The number of hydrogen-bond acceptors (Lipinski definition) is 3. The zero-order valence-corrected chi connectivity index (χ0v) is 11.5. The molecule has 0 bridgehead atoms. The lowest BCUT2D eigenvalue weighted by Crippen LogP contribution is -2.33. The van der Waals surface area contributed by atoms with Crippen LogP contribution in [0.2, 0.25) is 0 Å². The minimum Gasteiger partial charge on any atom is -0.391 e. The maximum atomic E-state index is 12.3. The second-order valence-electron chi connectivity index (χ2n) is 5.68. The van der Waals surface area contributed by atoms with Crippen LogP contribution in [-0.4, -0.2) is 21.0 Å². The molecule has 1 N–H and O–H groups in total. The summed E-state index contributed by atoms with van der Waals surface area (Å²) in [5.74, 6) is 0.309. The third kappa shape index (κ3) is 2.61. The van der Waals surface area contributed by atoms with Crippen LogP contribution in [0.4, 0.5) is 0 Å². The van der Waals surface area contributed by atoms with Crippen molar-refractivity contribution in [3.8, 4) is 0 Å². The SMILES string of the molecule is O=c1c2ccccc2cnn1CC(O)C1CCCCC1. The van der Waals surface area contributed by atoms with Crippen LogP contribution < -0.4 is 5.56 Å². The number of fused-ring (bicyclic) bond motifs is 1. The van der Waals surface area contributed by atoms with E-state index >= 15 is 0 Å². The van der Waals surface area contributed by atoms with E-state index in [0.717, 1.165) is 18.2 Å². The highest BCUT2D eigenvalue weighted by Crippen LogP contribution is 2.26. The number of aliphatic hydroxyl groups is 1. The van der Waals surface area contributed by atoms with Crippen molar-refractivity contribution in [3.05, 3.63) is 40.8 Å². The van der Waals surface area contributed by atoms with Crippen LogP contribution in [0.1, 0.15) is 32.1 Å². The fraction of sp³-hybridized carbons (Fsp3) is 0.500. The minimum atomic E-state index is -0.471. The number of rotatable bonds is 3. The van der Waals surface area contributed by atoms with E-state index in [4.69, 9.17) is 0 Å². The topological polar surface area (TPSA) is 55.1 Å². The zero-order valence-electron chi connectivity index (χ0n) is 11.5. The molecule has 4 nitrogen and oxygen atoms in total. The van der Waals surface area contributed by atoms with Gasteiger partial charge < -0.3 is 5.11 Å². The van der Waals surface area contributed by atoms with Crippen molar-refractivity contribution >= 4 is 10.8 Å². The summed E-state index contributed by atoms with van der Waals surface area (Å²) < 4.78 is 1.40.